The van der Waals surface area contributed by atoms with Crippen molar-refractivity contribution in [3.05, 3.63) is 10.6 Å². The first-order valence-corrected chi connectivity index (χ1v) is 7.71. The number of nitriles is 1. The molecule has 2 aliphatic carbocycles. The fourth-order valence-corrected chi connectivity index (χ4v) is 4.98. The summed E-state index contributed by atoms with van der Waals surface area (Å²) in [6.07, 6.45) is 7.30. The molecular weight excluding hydrogens is 274 g/mol. The second kappa shape index (κ2) is 5.14. The predicted molar refractivity (Wildman–Crippen MR) is 74.6 cm³/mol. The lowest BCUT2D eigenvalue weighted by Crippen LogP contribution is -2.35. The molecule has 2 fully saturated rings. The van der Waals surface area contributed by atoms with Crippen LogP contribution in [0.3, 0.4) is 0 Å². The van der Waals surface area contributed by atoms with Crippen LogP contribution in [0.15, 0.2) is 10.6 Å². The summed E-state index contributed by atoms with van der Waals surface area (Å²) in [7, 11) is 0. The molecule has 0 aromatic rings. The smallest absolute Gasteiger partial charge is 0.0624 e. The Labute approximate surface area is 113 Å². The van der Waals surface area contributed by atoms with Crippen molar-refractivity contribution in [3.63, 3.8) is 0 Å². The van der Waals surface area contributed by atoms with Gasteiger partial charge in [-0.05, 0) is 60.3 Å². The van der Waals surface area contributed by atoms with E-state index in [0.29, 0.717) is 11.3 Å². The third-order valence-corrected chi connectivity index (χ3v) is 5.87. The molecule has 0 aromatic carbocycles. The minimum Gasteiger partial charge on any atom is -0.198 e. The zero-order valence-corrected chi connectivity index (χ0v) is 12.5. The van der Waals surface area contributed by atoms with E-state index in [1.165, 1.54) is 32.1 Å². The molecule has 0 aromatic heterocycles. The first-order chi connectivity index (χ1) is 8.13. The number of rotatable bonds is 2. The van der Waals surface area contributed by atoms with Crippen LogP contribution in [-0.4, -0.2) is 0 Å². The van der Waals surface area contributed by atoms with Gasteiger partial charge in [0.2, 0.25) is 0 Å². The van der Waals surface area contributed by atoms with Gasteiger partial charge < -0.3 is 0 Å². The van der Waals surface area contributed by atoms with Gasteiger partial charge in [0.25, 0.3) is 0 Å². The first-order valence-electron chi connectivity index (χ1n) is 6.79. The quantitative estimate of drug-likeness (QED) is 0.701. The van der Waals surface area contributed by atoms with E-state index in [1.54, 1.807) is 5.57 Å². The third kappa shape index (κ3) is 2.19. The summed E-state index contributed by atoms with van der Waals surface area (Å²) in [6, 6.07) is 2.36. The third-order valence-electron chi connectivity index (χ3n) is 5.28. The first kappa shape index (κ1) is 13.1. The summed E-state index contributed by atoms with van der Waals surface area (Å²) in [4.78, 5) is 2.17. The van der Waals surface area contributed by atoms with Crippen LogP contribution in [0, 0.1) is 34.5 Å². The minimum absolute atomic E-state index is 0.452. The molecule has 0 aliphatic heterocycles. The van der Waals surface area contributed by atoms with Crippen LogP contribution in [0.5, 0.6) is 0 Å². The topological polar surface area (TPSA) is 23.8 Å². The maximum atomic E-state index is 8.91. The molecule has 0 heterocycles. The van der Waals surface area contributed by atoms with Gasteiger partial charge in [-0.2, -0.15) is 5.26 Å². The molecule has 0 saturated heterocycles. The van der Waals surface area contributed by atoms with Crippen molar-refractivity contribution in [2.45, 2.75) is 52.4 Å². The van der Waals surface area contributed by atoms with E-state index < -0.39 is 0 Å². The Kier molecular flexibility index (Phi) is 3.98. The zero-order valence-electron chi connectivity index (χ0n) is 10.9. The van der Waals surface area contributed by atoms with Crippen LogP contribution in [-0.2, 0) is 0 Å². The Morgan fingerprint density at radius 3 is 3.00 bits per heavy atom. The van der Waals surface area contributed by atoms with Gasteiger partial charge in [-0.15, -0.1) is 0 Å². The van der Waals surface area contributed by atoms with Crippen LogP contribution in [0.1, 0.15) is 52.4 Å². The van der Waals surface area contributed by atoms with Crippen molar-refractivity contribution in [3.8, 4) is 6.07 Å². The molecule has 2 rings (SSSR count). The highest BCUT2D eigenvalue weighted by molar-refractivity contribution is 9.11. The minimum atomic E-state index is 0.452. The molecule has 17 heavy (non-hydrogen) atoms. The molecule has 0 radical (unpaired) electrons. The van der Waals surface area contributed by atoms with Crippen molar-refractivity contribution >= 4 is 15.9 Å². The Bertz CT molecular complexity index is 354. The van der Waals surface area contributed by atoms with Gasteiger partial charge >= 0.3 is 0 Å². The fourth-order valence-electron chi connectivity index (χ4n) is 4.43. The van der Waals surface area contributed by atoms with E-state index >= 15 is 0 Å². The largest absolute Gasteiger partial charge is 0.198 e. The van der Waals surface area contributed by atoms with Crippen LogP contribution in [0.4, 0.5) is 0 Å². The van der Waals surface area contributed by atoms with Gasteiger partial charge in [-0.3, -0.25) is 0 Å². The Morgan fingerprint density at radius 2 is 2.35 bits per heavy atom. The molecule has 2 heteroatoms. The number of hydrogen-bond donors (Lipinski definition) is 0. The normalized spacial score (nSPS) is 40.9. The van der Waals surface area contributed by atoms with Gasteiger partial charge in [0.05, 0.1) is 6.07 Å². The summed E-state index contributed by atoms with van der Waals surface area (Å²) >= 11 is 3.54. The number of nitrogens with zero attached hydrogens (tertiary/aromatic N) is 1. The second-order valence-electron chi connectivity index (χ2n) is 6.12. The van der Waals surface area contributed by atoms with Crippen molar-refractivity contribution in [1.29, 1.82) is 5.26 Å². The Morgan fingerprint density at radius 1 is 1.59 bits per heavy atom. The summed E-state index contributed by atoms with van der Waals surface area (Å²) in [6.45, 7) is 4.74. The van der Waals surface area contributed by atoms with Gasteiger partial charge in [-0.1, -0.05) is 35.4 Å². The number of halogens is 1. The Balaban J connectivity index is 2.21. The summed E-state index contributed by atoms with van der Waals surface area (Å²) in [5, 5.41) is 8.91. The van der Waals surface area contributed by atoms with Crippen LogP contribution < -0.4 is 0 Å². The predicted octanol–water partition coefficient (Wildman–Crippen LogP) is 5.03. The summed E-state index contributed by atoms with van der Waals surface area (Å²) < 4.78 is 0. The molecule has 2 aliphatic rings. The van der Waals surface area contributed by atoms with Gasteiger partial charge in [0.15, 0.2) is 0 Å². The lowest BCUT2D eigenvalue weighted by molar-refractivity contribution is 0.0993. The summed E-state index contributed by atoms with van der Waals surface area (Å²) in [5.41, 5.74) is 2.07. The lowest BCUT2D eigenvalue weighted by Gasteiger charge is -2.44. The summed E-state index contributed by atoms with van der Waals surface area (Å²) in [5.74, 6) is 2.07. The maximum absolute atomic E-state index is 8.91. The molecule has 4 atom stereocenters. The van der Waals surface area contributed by atoms with Gasteiger partial charge in [0.1, 0.15) is 0 Å². The average molecular weight is 296 g/mol. The lowest BCUT2D eigenvalue weighted by atomic mass is 9.61. The molecule has 0 spiro atoms. The zero-order chi connectivity index (χ0) is 12.5. The highest BCUT2D eigenvalue weighted by atomic mass is 79.9. The molecule has 0 bridgehead atoms. The molecule has 0 amide bonds. The number of allylic oxidation sites excluding steroid dienone is 1. The highest BCUT2D eigenvalue weighted by Crippen LogP contribution is 2.59. The SMILES string of the molecule is C[C@H](CC#N)[C@H]1CCC2C(=CBr)CCC[C@@]21C. The molecule has 2 saturated carbocycles. The molecule has 1 unspecified atom stereocenters. The van der Waals surface area contributed by atoms with Gasteiger partial charge in [-0.25, -0.2) is 0 Å². The van der Waals surface area contributed by atoms with Crippen molar-refractivity contribution in [2.75, 3.05) is 0 Å². The fraction of sp³-hybridized carbons (Fsp3) is 0.800. The van der Waals surface area contributed by atoms with Crippen molar-refractivity contribution in [1.82, 2.24) is 0 Å². The molecule has 94 valence electrons. The molecule has 0 N–H and O–H groups in total. The maximum Gasteiger partial charge on any atom is 0.0624 e. The Hall–Kier alpha value is -0.290. The monoisotopic (exact) mass is 295 g/mol. The molecular formula is C15H22BrN. The van der Waals surface area contributed by atoms with Crippen molar-refractivity contribution < 1.29 is 0 Å². The second-order valence-corrected chi connectivity index (χ2v) is 6.58. The van der Waals surface area contributed by atoms with E-state index in [1.807, 2.05) is 0 Å². The van der Waals surface area contributed by atoms with Crippen molar-refractivity contribution in [2.24, 2.45) is 23.2 Å². The molecule has 1 nitrogen and oxygen atoms in total. The highest BCUT2D eigenvalue weighted by Gasteiger charge is 2.50. The van der Waals surface area contributed by atoms with E-state index in [4.69, 9.17) is 5.26 Å². The van der Waals surface area contributed by atoms with Gasteiger partial charge in [0, 0.05) is 6.42 Å². The van der Waals surface area contributed by atoms with Crippen LogP contribution >= 0.6 is 15.9 Å². The van der Waals surface area contributed by atoms with Crippen LogP contribution in [0.25, 0.3) is 0 Å². The van der Waals surface area contributed by atoms with E-state index in [0.717, 1.165) is 18.3 Å². The van der Waals surface area contributed by atoms with Crippen LogP contribution in [0.2, 0.25) is 0 Å². The number of fused-ring (bicyclic) bond motifs is 1. The van der Waals surface area contributed by atoms with E-state index in [-0.39, 0.29) is 0 Å². The standard InChI is InChI=1S/C15H22BrN/c1-11(7-9-17)13-5-6-14-12(10-16)4-3-8-15(13,14)2/h10-11,13-14H,3-8H2,1-2H3/t11-,13-,14?,15-/m1/s1. The average Bonchev–Trinajstić information content (AvgIpc) is 2.66. The van der Waals surface area contributed by atoms with E-state index in [2.05, 4.69) is 40.8 Å². The number of hydrogen-bond acceptors (Lipinski definition) is 1. The van der Waals surface area contributed by atoms with E-state index in [9.17, 15) is 0 Å².